The number of rotatable bonds is 4. The predicted octanol–water partition coefficient (Wildman–Crippen LogP) is 2.11. The van der Waals surface area contributed by atoms with Crippen LogP contribution in [0.1, 0.15) is 24.8 Å². The minimum Gasteiger partial charge on any atom is -0.351 e. The molecular formula is C16H24Cl2FN3O. The summed E-state index contributed by atoms with van der Waals surface area (Å²) in [5, 5.41) is 6.40. The second kappa shape index (κ2) is 9.42. The van der Waals surface area contributed by atoms with Gasteiger partial charge in [0.2, 0.25) is 5.91 Å². The van der Waals surface area contributed by atoms with Gasteiger partial charge in [-0.15, -0.1) is 24.8 Å². The van der Waals surface area contributed by atoms with E-state index in [2.05, 4.69) is 15.5 Å². The van der Waals surface area contributed by atoms with Crippen LogP contribution in [0.2, 0.25) is 0 Å². The molecule has 2 aliphatic rings. The van der Waals surface area contributed by atoms with Crippen LogP contribution in [-0.4, -0.2) is 42.5 Å². The van der Waals surface area contributed by atoms with E-state index in [0.717, 1.165) is 44.5 Å². The molecule has 4 nitrogen and oxygen atoms in total. The first-order chi connectivity index (χ1) is 10.2. The molecule has 0 saturated carbocycles. The highest BCUT2D eigenvalue weighted by Crippen LogP contribution is 2.20. The van der Waals surface area contributed by atoms with Crippen LogP contribution in [-0.2, 0) is 11.3 Å². The maximum absolute atomic E-state index is 12.9. The minimum atomic E-state index is -0.219. The van der Waals surface area contributed by atoms with Crippen LogP contribution < -0.4 is 10.6 Å². The maximum atomic E-state index is 12.9. The largest absolute Gasteiger partial charge is 0.351 e. The van der Waals surface area contributed by atoms with Crippen LogP contribution in [0, 0.1) is 5.82 Å². The number of carbonyl (C=O) groups excluding carboxylic acids is 1. The van der Waals surface area contributed by atoms with Crippen LogP contribution in [0.4, 0.5) is 4.39 Å². The third-order valence-corrected chi connectivity index (χ3v) is 4.37. The zero-order chi connectivity index (χ0) is 14.7. The smallest absolute Gasteiger partial charge is 0.237 e. The van der Waals surface area contributed by atoms with Gasteiger partial charge in [-0.1, -0.05) is 12.1 Å². The second-order valence-electron chi connectivity index (χ2n) is 5.95. The molecule has 2 heterocycles. The molecule has 3 rings (SSSR count). The molecular weight excluding hydrogens is 340 g/mol. The van der Waals surface area contributed by atoms with Crippen LogP contribution >= 0.6 is 24.8 Å². The Kier molecular flexibility index (Phi) is 8.26. The van der Waals surface area contributed by atoms with Gasteiger partial charge in [-0.3, -0.25) is 9.69 Å². The Morgan fingerprint density at radius 2 is 2.00 bits per heavy atom. The second-order valence-corrected chi connectivity index (χ2v) is 5.95. The molecule has 1 aromatic rings. The van der Waals surface area contributed by atoms with E-state index in [4.69, 9.17) is 0 Å². The molecule has 0 aliphatic carbocycles. The molecule has 2 saturated heterocycles. The van der Waals surface area contributed by atoms with Crippen molar-refractivity contribution in [1.29, 1.82) is 0 Å². The Labute approximate surface area is 149 Å². The maximum Gasteiger partial charge on any atom is 0.237 e. The average molecular weight is 364 g/mol. The van der Waals surface area contributed by atoms with E-state index in [0.29, 0.717) is 6.54 Å². The fourth-order valence-corrected chi connectivity index (χ4v) is 3.21. The van der Waals surface area contributed by atoms with Crippen LogP contribution in [0.15, 0.2) is 24.3 Å². The number of hydrogen-bond donors (Lipinski definition) is 2. The van der Waals surface area contributed by atoms with Crippen molar-refractivity contribution in [2.45, 2.75) is 37.9 Å². The summed E-state index contributed by atoms with van der Waals surface area (Å²) in [7, 11) is 0. The number of nitrogens with one attached hydrogen (secondary N) is 2. The lowest BCUT2D eigenvalue weighted by atomic mass is 10.1. The van der Waals surface area contributed by atoms with Crippen molar-refractivity contribution in [3.8, 4) is 0 Å². The van der Waals surface area contributed by atoms with E-state index in [1.807, 2.05) is 0 Å². The van der Waals surface area contributed by atoms with Crippen molar-refractivity contribution in [2.24, 2.45) is 0 Å². The third kappa shape index (κ3) is 5.31. The summed E-state index contributed by atoms with van der Waals surface area (Å²) in [6.07, 6.45) is 2.96. The third-order valence-electron chi connectivity index (χ3n) is 4.37. The molecule has 0 radical (unpaired) electrons. The monoisotopic (exact) mass is 363 g/mol. The van der Waals surface area contributed by atoms with Crippen molar-refractivity contribution in [1.82, 2.24) is 15.5 Å². The molecule has 0 bridgehead atoms. The molecule has 2 atom stereocenters. The summed E-state index contributed by atoms with van der Waals surface area (Å²) in [6.45, 7) is 3.49. The lowest BCUT2D eigenvalue weighted by Gasteiger charge is -2.25. The average Bonchev–Trinajstić information content (AvgIpc) is 3.13. The highest BCUT2D eigenvalue weighted by atomic mass is 35.5. The normalized spacial score (nSPS) is 23.9. The van der Waals surface area contributed by atoms with Crippen molar-refractivity contribution in [3.63, 3.8) is 0 Å². The van der Waals surface area contributed by atoms with E-state index in [-0.39, 0.29) is 48.6 Å². The van der Waals surface area contributed by atoms with E-state index in [1.54, 1.807) is 12.1 Å². The van der Waals surface area contributed by atoms with Gasteiger partial charge < -0.3 is 10.6 Å². The molecule has 1 aromatic carbocycles. The first kappa shape index (κ1) is 20.2. The molecule has 2 fully saturated rings. The number of carbonyl (C=O) groups is 1. The Balaban J connectivity index is 0.00000132. The highest BCUT2D eigenvalue weighted by molar-refractivity contribution is 5.85. The zero-order valence-electron chi connectivity index (χ0n) is 13.0. The topological polar surface area (TPSA) is 44.4 Å². The Bertz CT molecular complexity index is 495. The predicted molar refractivity (Wildman–Crippen MR) is 93.7 cm³/mol. The van der Waals surface area contributed by atoms with Crippen LogP contribution in [0.5, 0.6) is 0 Å². The molecule has 2 N–H and O–H groups in total. The fourth-order valence-electron chi connectivity index (χ4n) is 3.21. The number of nitrogens with zero attached hydrogens (tertiary/aromatic N) is 1. The van der Waals surface area contributed by atoms with E-state index >= 15 is 0 Å². The van der Waals surface area contributed by atoms with Gasteiger partial charge in [-0.25, -0.2) is 4.39 Å². The minimum absolute atomic E-state index is 0. The van der Waals surface area contributed by atoms with Gasteiger partial charge in [0.05, 0.1) is 6.04 Å². The van der Waals surface area contributed by atoms with Crippen molar-refractivity contribution in [3.05, 3.63) is 35.6 Å². The summed E-state index contributed by atoms with van der Waals surface area (Å²) < 4.78 is 12.9. The number of likely N-dealkylation sites (tertiary alicyclic amines) is 1. The Hall–Kier alpha value is -0.880. The summed E-state index contributed by atoms with van der Waals surface area (Å²) in [5.41, 5.74) is 1.05. The number of amides is 1. The number of benzene rings is 1. The van der Waals surface area contributed by atoms with Crippen LogP contribution in [0.3, 0.4) is 0 Å². The first-order valence-corrected chi connectivity index (χ1v) is 7.72. The SMILES string of the molecule is Cl.Cl.O=C(NC1CCNC1)C1CCCN1Cc1ccc(F)cc1. The van der Waals surface area contributed by atoms with Gasteiger partial charge >= 0.3 is 0 Å². The van der Waals surface area contributed by atoms with Gasteiger partial charge in [0.1, 0.15) is 5.82 Å². The summed E-state index contributed by atoms with van der Waals surface area (Å²) in [4.78, 5) is 14.6. The van der Waals surface area contributed by atoms with Crippen molar-refractivity contribution >= 4 is 30.7 Å². The first-order valence-electron chi connectivity index (χ1n) is 7.72. The summed E-state index contributed by atoms with van der Waals surface area (Å²) in [5.74, 6) is -0.0773. The van der Waals surface area contributed by atoms with E-state index in [9.17, 15) is 9.18 Å². The van der Waals surface area contributed by atoms with E-state index < -0.39 is 0 Å². The van der Waals surface area contributed by atoms with Crippen LogP contribution in [0.25, 0.3) is 0 Å². The quantitative estimate of drug-likeness (QED) is 0.860. The molecule has 2 aliphatic heterocycles. The molecule has 7 heteroatoms. The lowest BCUT2D eigenvalue weighted by molar-refractivity contribution is -0.126. The standard InChI is InChI=1S/C16H22FN3O.2ClH/c17-13-5-3-12(4-6-13)11-20-9-1-2-15(20)16(21)19-14-7-8-18-10-14;;/h3-6,14-15,18H,1-2,7-11H2,(H,19,21);2*1H. The van der Waals surface area contributed by atoms with Gasteiger partial charge in [-0.05, 0) is 50.0 Å². The van der Waals surface area contributed by atoms with Gasteiger partial charge in [0.15, 0.2) is 0 Å². The number of halogens is 3. The zero-order valence-corrected chi connectivity index (χ0v) is 14.6. The fraction of sp³-hybridized carbons (Fsp3) is 0.562. The Morgan fingerprint density at radius 1 is 1.26 bits per heavy atom. The Morgan fingerprint density at radius 3 is 2.65 bits per heavy atom. The molecule has 0 aromatic heterocycles. The molecule has 2 unspecified atom stereocenters. The summed E-state index contributed by atoms with van der Waals surface area (Å²) in [6, 6.07) is 6.77. The lowest BCUT2D eigenvalue weighted by Crippen LogP contribution is -2.47. The molecule has 0 spiro atoms. The van der Waals surface area contributed by atoms with Crippen molar-refractivity contribution in [2.75, 3.05) is 19.6 Å². The van der Waals surface area contributed by atoms with Gasteiger partial charge in [0.25, 0.3) is 0 Å². The summed E-state index contributed by atoms with van der Waals surface area (Å²) >= 11 is 0. The van der Waals surface area contributed by atoms with E-state index in [1.165, 1.54) is 12.1 Å². The van der Waals surface area contributed by atoms with Crippen molar-refractivity contribution < 1.29 is 9.18 Å². The molecule has 23 heavy (non-hydrogen) atoms. The molecule has 130 valence electrons. The highest BCUT2D eigenvalue weighted by Gasteiger charge is 2.32. The van der Waals surface area contributed by atoms with Gasteiger partial charge in [-0.2, -0.15) is 0 Å². The molecule has 1 amide bonds. The number of hydrogen-bond acceptors (Lipinski definition) is 3. The van der Waals surface area contributed by atoms with Gasteiger partial charge in [0, 0.05) is 19.1 Å².